The largest absolute Gasteiger partial charge is 0.433 e. The number of sulfonamides is 1. The molecule has 0 aliphatic rings. The molecule has 15 heavy (non-hydrogen) atoms. The van der Waals surface area contributed by atoms with Crippen molar-refractivity contribution in [2.24, 2.45) is 5.14 Å². The molecular weight excluding hydrogens is 252 g/mol. The predicted molar refractivity (Wildman–Crippen MR) is 49.5 cm³/mol. The first-order valence-corrected chi connectivity index (χ1v) is 5.51. The van der Waals surface area contributed by atoms with Crippen molar-refractivity contribution < 1.29 is 21.9 Å². The van der Waals surface area contributed by atoms with Crippen molar-refractivity contribution >= 4 is 21.6 Å². The zero-order valence-electron chi connectivity index (χ0n) is 7.15. The Kier molecular flexibility index (Phi) is 3.48. The maximum Gasteiger partial charge on any atom is 0.387 e. The molecule has 1 aromatic carbocycles. The molecule has 0 bridgehead atoms. The van der Waals surface area contributed by atoms with E-state index >= 15 is 0 Å². The highest BCUT2D eigenvalue weighted by molar-refractivity contribution is 7.89. The predicted octanol–water partition coefficient (Wildman–Crippen LogP) is 1.59. The Bertz CT molecular complexity index is 463. The minimum Gasteiger partial charge on any atom is -0.433 e. The van der Waals surface area contributed by atoms with Gasteiger partial charge in [-0.15, -0.1) is 0 Å². The second kappa shape index (κ2) is 4.30. The number of rotatable bonds is 3. The lowest BCUT2D eigenvalue weighted by atomic mass is 10.3. The van der Waals surface area contributed by atoms with Crippen LogP contribution in [0.1, 0.15) is 0 Å². The summed E-state index contributed by atoms with van der Waals surface area (Å²) in [6.07, 6.45) is 0. The van der Waals surface area contributed by atoms with Gasteiger partial charge in [0.1, 0.15) is 15.7 Å². The number of nitrogens with two attached hydrogens (primary N) is 1. The van der Waals surface area contributed by atoms with Crippen LogP contribution in [0.5, 0.6) is 5.75 Å². The quantitative estimate of drug-likeness (QED) is 0.894. The van der Waals surface area contributed by atoms with E-state index in [1.807, 2.05) is 0 Å². The fourth-order valence-electron chi connectivity index (χ4n) is 0.897. The number of primary sulfonamides is 1. The lowest BCUT2D eigenvalue weighted by Gasteiger charge is -2.08. The molecule has 8 heteroatoms. The van der Waals surface area contributed by atoms with Crippen molar-refractivity contribution in [1.82, 2.24) is 0 Å². The summed E-state index contributed by atoms with van der Waals surface area (Å²) >= 11 is 5.52. The van der Waals surface area contributed by atoms with E-state index in [0.29, 0.717) is 0 Å². The lowest BCUT2D eigenvalue weighted by Crippen LogP contribution is -2.13. The molecule has 0 amide bonds. The summed E-state index contributed by atoms with van der Waals surface area (Å²) in [4.78, 5) is -0.456. The van der Waals surface area contributed by atoms with Crippen LogP contribution >= 0.6 is 11.6 Å². The molecule has 0 atom stereocenters. The van der Waals surface area contributed by atoms with Gasteiger partial charge in [-0.3, -0.25) is 0 Å². The van der Waals surface area contributed by atoms with Crippen LogP contribution in [0, 0.1) is 0 Å². The standard InChI is InChI=1S/C7H6ClF2NO3S/c8-6-4(14-7(9)10)2-1-3-5(6)15(11,12)13/h1-3,7H,(H2,11,12,13). The molecule has 0 aromatic heterocycles. The van der Waals surface area contributed by atoms with Gasteiger partial charge in [-0.2, -0.15) is 8.78 Å². The lowest BCUT2D eigenvalue weighted by molar-refractivity contribution is -0.0499. The van der Waals surface area contributed by atoms with Crippen molar-refractivity contribution in [2.45, 2.75) is 11.5 Å². The topological polar surface area (TPSA) is 69.4 Å². The molecule has 2 N–H and O–H groups in total. The van der Waals surface area contributed by atoms with Crippen LogP contribution in [0.2, 0.25) is 5.02 Å². The van der Waals surface area contributed by atoms with Gasteiger partial charge in [-0.25, -0.2) is 13.6 Å². The van der Waals surface area contributed by atoms with Gasteiger partial charge >= 0.3 is 6.61 Å². The number of hydrogen-bond acceptors (Lipinski definition) is 3. The van der Waals surface area contributed by atoms with Crippen LogP contribution in [0.3, 0.4) is 0 Å². The summed E-state index contributed by atoms with van der Waals surface area (Å²) in [5.74, 6) is -0.432. The van der Waals surface area contributed by atoms with E-state index < -0.39 is 32.3 Å². The average molecular weight is 258 g/mol. The van der Waals surface area contributed by atoms with Crippen molar-refractivity contribution in [3.63, 3.8) is 0 Å². The van der Waals surface area contributed by atoms with E-state index in [-0.39, 0.29) is 0 Å². The molecule has 84 valence electrons. The zero-order valence-corrected chi connectivity index (χ0v) is 8.73. The molecule has 0 saturated carbocycles. The number of hydrogen-bond donors (Lipinski definition) is 1. The molecule has 0 aliphatic heterocycles. The second-order valence-electron chi connectivity index (χ2n) is 2.49. The SMILES string of the molecule is NS(=O)(=O)c1cccc(OC(F)F)c1Cl. The van der Waals surface area contributed by atoms with E-state index in [4.69, 9.17) is 16.7 Å². The fraction of sp³-hybridized carbons (Fsp3) is 0.143. The Morgan fingerprint density at radius 2 is 2.00 bits per heavy atom. The van der Waals surface area contributed by atoms with Gasteiger partial charge in [0.2, 0.25) is 10.0 Å². The molecular formula is C7H6ClF2NO3S. The second-order valence-corrected chi connectivity index (χ2v) is 4.40. The Morgan fingerprint density at radius 3 is 2.47 bits per heavy atom. The van der Waals surface area contributed by atoms with E-state index in [1.54, 1.807) is 0 Å². The molecule has 0 radical (unpaired) electrons. The smallest absolute Gasteiger partial charge is 0.387 e. The Hall–Kier alpha value is -0.920. The van der Waals surface area contributed by atoms with Crippen molar-refractivity contribution in [1.29, 1.82) is 0 Å². The fourth-order valence-corrected chi connectivity index (χ4v) is 2.01. The zero-order chi connectivity index (χ0) is 11.6. The molecule has 0 aliphatic carbocycles. The third-order valence-electron chi connectivity index (χ3n) is 1.45. The Labute approximate surface area is 89.6 Å². The van der Waals surface area contributed by atoms with E-state index in [0.717, 1.165) is 12.1 Å². The highest BCUT2D eigenvalue weighted by atomic mass is 35.5. The normalized spacial score (nSPS) is 11.8. The van der Waals surface area contributed by atoms with E-state index in [1.165, 1.54) is 6.07 Å². The summed E-state index contributed by atoms with van der Waals surface area (Å²) in [5.41, 5.74) is 0. The third-order valence-corrected chi connectivity index (χ3v) is 2.91. The number of benzene rings is 1. The first-order chi connectivity index (χ1) is 6.82. The monoisotopic (exact) mass is 257 g/mol. The van der Waals surface area contributed by atoms with Crippen LogP contribution in [0.25, 0.3) is 0 Å². The van der Waals surface area contributed by atoms with Crippen LogP contribution in [-0.2, 0) is 10.0 Å². The Morgan fingerprint density at radius 1 is 1.40 bits per heavy atom. The van der Waals surface area contributed by atoms with Crippen LogP contribution in [-0.4, -0.2) is 15.0 Å². The molecule has 0 heterocycles. The van der Waals surface area contributed by atoms with Gasteiger partial charge in [-0.05, 0) is 12.1 Å². The summed E-state index contributed by atoms with van der Waals surface area (Å²) < 4.78 is 49.6. The van der Waals surface area contributed by atoms with Gasteiger partial charge in [0.25, 0.3) is 0 Å². The summed E-state index contributed by atoms with van der Waals surface area (Å²) in [6.45, 7) is -3.08. The van der Waals surface area contributed by atoms with Gasteiger partial charge in [-0.1, -0.05) is 17.7 Å². The van der Waals surface area contributed by atoms with Gasteiger partial charge in [0, 0.05) is 0 Å². The Balaban J connectivity index is 3.24. The number of halogens is 3. The first-order valence-electron chi connectivity index (χ1n) is 3.58. The van der Waals surface area contributed by atoms with Gasteiger partial charge in [0.15, 0.2) is 0 Å². The van der Waals surface area contributed by atoms with Crippen molar-refractivity contribution in [2.75, 3.05) is 0 Å². The third kappa shape index (κ3) is 3.01. The maximum atomic E-state index is 11.9. The molecule has 1 aromatic rings. The van der Waals surface area contributed by atoms with E-state index in [2.05, 4.69) is 4.74 Å². The minimum atomic E-state index is -4.05. The van der Waals surface area contributed by atoms with Crippen LogP contribution < -0.4 is 9.88 Å². The molecule has 0 fully saturated rings. The maximum absolute atomic E-state index is 11.9. The molecule has 0 unspecified atom stereocenters. The van der Waals surface area contributed by atoms with Crippen LogP contribution in [0.4, 0.5) is 8.78 Å². The number of ether oxygens (including phenoxy) is 1. The summed E-state index contributed by atoms with van der Waals surface area (Å²) in [5, 5.41) is 4.34. The highest BCUT2D eigenvalue weighted by Gasteiger charge is 2.18. The molecule has 0 spiro atoms. The summed E-state index contributed by atoms with van der Waals surface area (Å²) in [7, 11) is -4.05. The van der Waals surface area contributed by atoms with Crippen molar-refractivity contribution in [3.05, 3.63) is 23.2 Å². The highest BCUT2D eigenvalue weighted by Crippen LogP contribution is 2.31. The van der Waals surface area contributed by atoms with Crippen molar-refractivity contribution in [3.8, 4) is 5.75 Å². The molecule has 4 nitrogen and oxygen atoms in total. The van der Waals surface area contributed by atoms with Gasteiger partial charge < -0.3 is 4.74 Å². The summed E-state index contributed by atoms with van der Waals surface area (Å²) in [6, 6.07) is 3.41. The molecule has 0 saturated heterocycles. The minimum absolute atomic E-state index is 0.432. The number of alkyl halides is 2. The van der Waals surface area contributed by atoms with Gasteiger partial charge in [0.05, 0.1) is 0 Å². The van der Waals surface area contributed by atoms with Crippen LogP contribution in [0.15, 0.2) is 23.1 Å². The average Bonchev–Trinajstić information content (AvgIpc) is 2.05. The molecule has 1 rings (SSSR count). The first kappa shape index (κ1) is 12.2. The van der Waals surface area contributed by atoms with E-state index in [9.17, 15) is 17.2 Å².